The van der Waals surface area contributed by atoms with Crippen LogP contribution in [0, 0.1) is 0 Å². The molecule has 2 aliphatic heterocycles. The van der Waals surface area contributed by atoms with Crippen molar-refractivity contribution in [3.05, 3.63) is 411 Å². The molecule has 0 unspecified atom stereocenters. The molecule has 2 aliphatic rings. The Morgan fingerprint density at radius 1 is 0.237 bits per heavy atom. The molecule has 4 heteroatoms. The van der Waals surface area contributed by atoms with Gasteiger partial charge in [0, 0.05) is 61.5 Å². The number of rotatable bonds is 13. The Morgan fingerprint density at radius 2 is 0.585 bits per heavy atom. The van der Waals surface area contributed by atoms with Gasteiger partial charge in [-0.1, -0.05) is 390 Å². The molecule has 118 heavy (non-hydrogen) atoms. The van der Waals surface area contributed by atoms with E-state index in [9.17, 15) is 8.22 Å². The molecule has 0 amide bonds. The van der Waals surface area contributed by atoms with Crippen molar-refractivity contribution in [2.75, 3.05) is 9.80 Å². The highest BCUT2D eigenvalue weighted by Gasteiger charge is 2.46. The van der Waals surface area contributed by atoms with Crippen molar-refractivity contribution >= 4 is 79.0 Å². The molecular formula is C114H92BN3. The van der Waals surface area contributed by atoms with Crippen molar-refractivity contribution < 1.29 is 8.22 Å². The van der Waals surface area contributed by atoms with Gasteiger partial charge in [0.25, 0.3) is 6.71 Å². The molecule has 0 atom stereocenters. The van der Waals surface area contributed by atoms with Crippen LogP contribution in [0.25, 0.3) is 139 Å². The van der Waals surface area contributed by atoms with Gasteiger partial charge in [-0.05, 0) is 205 Å². The molecule has 1 aromatic heterocycles. The lowest BCUT2D eigenvalue weighted by atomic mass is 9.33. The summed E-state index contributed by atoms with van der Waals surface area (Å²) in [7, 11) is 0. The van der Waals surface area contributed by atoms with Crippen molar-refractivity contribution in [1.29, 1.82) is 0 Å². The largest absolute Gasteiger partial charge is 0.310 e. The van der Waals surface area contributed by atoms with Crippen LogP contribution in [0.5, 0.6) is 0 Å². The minimum Gasteiger partial charge on any atom is -0.310 e. The smallest absolute Gasteiger partial charge is 0.252 e. The Balaban J connectivity index is 0.952. The summed E-state index contributed by atoms with van der Waals surface area (Å²) in [6.07, 6.45) is 0. The Labute approximate surface area is 703 Å². The lowest BCUT2D eigenvalue weighted by Crippen LogP contribution is -2.61. The van der Waals surface area contributed by atoms with Crippen LogP contribution in [-0.2, 0) is 16.2 Å². The van der Waals surface area contributed by atoms with Crippen molar-refractivity contribution in [3.8, 4) is 117 Å². The molecule has 0 spiro atoms. The molecule has 0 fully saturated rings. The fourth-order valence-electron chi connectivity index (χ4n) is 18.0. The zero-order valence-corrected chi connectivity index (χ0v) is 68.0. The number of aromatic nitrogens is 1. The van der Waals surface area contributed by atoms with Crippen molar-refractivity contribution in [2.45, 2.75) is 78.6 Å². The first-order chi connectivity index (χ1) is 60.0. The molecule has 0 N–H and O–H groups in total. The first kappa shape index (κ1) is 66.5. The number of fused-ring (bicyclic) bond motifs is 7. The first-order valence-corrected chi connectivity index (χ1v) is 41.2. The molecule has 3 nitrogen and oxygen atoms in total. The third-order valence-electron chi connectivity index (χ3n) is 24.1. The maximum absolute atomic E-state index is 10.6. The maximum Gasteiger partial charge on any atom is 0.252 e. The van der Waals surface area contributed by atoms with Crippen LogP contribution >= 0.6 is 0 Å². The lowest BCUT2D eigenvalue weighted by Gasteiger charge is -2.46. The molecule has 0 saturated carbocycles. The second-order valence-corrected chi connectivity index (χ2v) is 34.7. The lowest BCUT2D eigenvalue weighted by molar-refractivity contribution is 0.590. The molecule has 18 aromatic rings. The normalized spacial score (nSPS) is 13.3. The number of hydrogen-bond donors (Lipinski definition) is 0. The van der Waals surface area contributed by atoms with Crippen LogP contribution in [0.2, 0.25) is 0 Å². The van der Waals surface area contributed by atoms with Gasteiger partial charge in [-0.15, -0.1) is 0 Å². The summed E-state index contributed by atoms with van der Waals surface area (Å²) in [6, 6.07) is 127. The second kappa shape index (κ2) is 29.2. The van der Waals surface area contributed by atoms with E-state index in [1.165, 1.54) is 11.1 Å². The summed E-state index contributed by atoms with van der Waals surface area (Å²) in [5.74, 6) is 0. The summed E-state index contributed by atoms with van der Waals surface area (Å²) >= 11 is 0. The molecule has 17 aromatic carbocycles. The van der Waals surface area contributed by atoms with Crippen molar-refractivity contribution in [2.24, 2.45) is 0 Å². The predicted octanol–water partition coefficient (Wildman–Crippen LogP) is 29.4. The van der Waals surface area contributed by atoms with E-state index in [4.69, 9.17) is 0 Å². The van der Waals surface area contributed by atoms with E-state index in [1.54, 1.807) is 0 Å². The molecule has 0 aliphatic carbocycles. The van der Waals surface area contributed by atoms with Crippen LogP contribution < -0.4 is 26.2 Å². The Bertz CT molecular complexity index is 7190. The van der Waals surface area contributed by atoms with E-state index in [0.29, 0.717) is 16.8 Å². The number of benzene rings is 17. The molecule has 3 heterocycles. The van der Waals surface area contributed by atoms with Gasteiger partial charge in [0.1, 0.15) is 0 Å². The summed E-state index contributed by atoms with van der Waals surface area (Å²) in [6.45, 7) is 20.1. The standard InChI is InChI=1S/C114H92BN3/c1-112(2,3)89-49-29-45-82(67-89)80-43-27-47-86(65-80)97-55-31-53-95(78-39-21-13-22-40-78)110(97)117-105-64-59-88(94-52-26-25-51-93(94)77-37-19-12-20-38-77)71-102(105)115-101-61-60-92(116-103-62-57-84(75-33-15-10-16-34-75)69-99(103)100-70-85(58-63-104(100)116)76-35-17-11-18-36-76)74-106(101)118(108-73-91(114(7,8)9)72-107(117)109(108)115)111-96(79-41-23-14-24-42-79)54-32-56-98(111)87-48-28-44-81(66-87)83-46-30-50-90(68-83)113(4,5)6/h10-74H,1-9H3/i57D,58D,62D,63D,69D,70D. The van der Waals surface area contributed by atoms with Crippen LogP contribution in [0.1, 0.15) is 87.2 Å². The highest BCUT2D eigenvalue weighted by molar-refractivity contribution is 7.00. The van der Waals surface area contributed by atoms with Crippen molar-refractivity contribution in [1.82, 2.24) is 4.57 Å². The minimum atomic E-state index is -0.510. The van der Waals surface area contributed by atoms with Crippen LogP contribution in [-0.4, -0.2) is 11.3 Å². The zero-order valence-electron chi connectivity index (χ0n) is 74.0. The Morgan fingerprint density at radius 3 is 1.03 bits per heavy atom. The SMILES string of the molecule is [2H]c1c(-c2ccccc2)c([2H])c2c3c([2H])c(-c4ccccc4)c([2H])c([2H])c3n(-c3ccc4c(c3)N(c3c(-c5ccccc5)cccc3-c3cccc(-c5cccc(C(C)(C)C)c5)c3)c3cc(C(C)(C)C)cc5c3B4c3cc(-c4ccccc4-c4ccccc4)ccc3N5c3c(-c4ccccc4)cccc3-c3cccc(-c4cccc(C(C)(C)C)c4)c3)c2c1[2H]. The molecular weight excluding hydrogens is 1420 g/mol. The topological polar surface area (TPSA) is 11.4 Å². The highest BCUT2D eigenvalue weighted by Crippen LogP contribution is 2.55. The van der Waals surface area contributed by atoms with Crippen molar-refractivity contribution in [3.63, 3.8) is 0 Å². The quantitative estimate of drug-likeness (QED) is 0.107. The molecule has 0 bridgehead atoms. The molecule has 20 rings (SSSR count). The van der Waals surface area contributed by atoms with Crippen LogP contribution in [0.15, 0.2) is 394 Å². The van der Waals surface area contributed by atoms with Gasteiger partial charge in [0.15, 0.2) is 0 Å². The summed E-state index contributed by atoms with van der Waals surface area (Å²) in [5, 5.41) is 0.520. The maximum atomic E-state index is 10.6. The molecule has 566 valence electrons. The van der Waals surface area contributed by atoms with Gasteiger partial charge < -0.3 is 14.4 Å². The van der Waals surface area contributed by atoms with E-state index in [2.05, 4.69) is 369 Å². The van der Waals surface area contributed by atoms with Gasteiger partial charge in [0.05, 0.1) is 30.6 Å². The molecule has 0 saturated heterocycles. The van der Waals surface area contributed by atoms with E-state index < -0.39 is 12.1 Å². The Kier molecular flexibility index (Phi) is 16.4. The number of hydrogen-bond acceptors (Lipinski definition) is 2. The minimum absolute atomic E-state index is 0.0382. The van der Waals surface area contributed by atoms with Gasteiger partial charge in [-0.3, -0.25) is 0 Å². The van der Waals surface area contributed by atoms with E-state index in [0.717, 1.165) is 145 Å². The summed E-state index contributed by atoms with van der Waals surface area (Å²) < 4.78 is 64.5. The average Bonchev–Trinajstić information content (AvgIpc) is 0.863. The van der Waals surface area contributed by atoms with E-state index in [-0.39, 0.29) is 80.0 Å². The number of anilines is 6. The third kappa shape index (κ3) is 13.1. The monoisotopic (exact) mass is 1520 g/mol. The summed E-state index contributed by atoms with van der Waals surface area (Å²) in [5.41, 5.74) is 31.2. The van der Waals surface area contributed by atoms with Gasteiger partial charge in [0.2, 0.25) is 0 Å². The predicted molar refractivity (Wildman–Crippen MR) is 505 cm³/mol. The first-order valence-electron chi connectivity index (χ1n) is 44.2. The van der Waals surface area contributed by atoms with Gasteiger partial charge >= 0.3 is 0 Å². The van der Waals surface area contributed by atoms with E-state index in [1.807, 2.05) is 65.2 Å². The second-order valence-electron chi connectivity index (χ2n) is 34.7. The van der Waals surface area contributed by atoms with Gasteiger partial charge in [-0.25, -0.2) is 0 Å². The number of nitrogens with zero attached hydrogens (tertiary/aromatic N) is 3. The highest BCUT2D eigenvalue weighted by atomic mass is 15.2. The Hall–Kier alpha value is -13.8. The fraction of sp³-hybridized carbons (Fsp3) is 0.105. The average molecular weight is 1520 g/mol. The van der Waals surface area contributed by atoms with Gasteiger partial charge in [-0.2, -0.15) is 0 Å². The van der Waals surface area contributed by atoms with Crippen LogP contribution in [0.4, 0.5) is 34.1 Å². The fourth-order valence-corrected chi connectivity index (χ4v) is 18.0. The zero-order chi connectivity index (χ0) is 85.4. The van der Waals surface area contributed by atoms with E-state index >= 15 is 0 Å². The van der Waals surface area contributed by atoms with Crippen LogP contribution in [0.3, 0.4) is 0 Å². The molecule has 0 radical (unpaired) electrons. The summed E-state index contributed by atoms with van der Waals surface area (Å²) in [4.78, 5) is 5.14. The third-order valence-corrected chi connectivity index (χ3v) is 24.1. The number of para-hydroxylation sites is 2.